The van der Waals surface area contributed by atoms with Crippen LogP contribution in [0.2, 0.25) is 0 Å². The monoisotopic (exact) mass is 411 g/mol. The van der Waals surface area contributed by atoms with Crippen molar-refractivity contribution in [3.05, 3.63) is 63.7 Å². The fraction of sp³-hybridized carbons (Fsp3) is 0.150. The minimum Gasteiger partial charge on any atom is -0.497 e. The zero-order valence-corrected chi connectivity index (χ0v) is 16.3. The van der Waals surface area contributed by atoms with Crippen LogP contribution in [0, 0.1) is 10.1 Å². The third kappa shape index (κ3) is 3.83. The summed E-state index contributed by atoms with van der Waals surface area (Å²) in [6.45, 7) is 0. The Morgan fingerprint density at radius 3 is 2.03 bits per heavy atom. The predicted molar refractivity (Wildman–Crippen MR) is 105 cm³/mol. The summed E-state index contributed by atoms with van der Waals surface area (Å²) >= 11 is 0. The Balaban J connectivity index is 1.95. The highest BCUT2D eigenvalue weighted by Crippen LogP contribution is 2.33. The summed E-state index contributed by atoms with van der Waals surface area (Å²) in [6.07, 6.45) is 1.20. The third-order valence-electron chi connectivity index (χ3n) is 4.42. The number of carbonyl (C=O) groups excluding carboxylic acids is 3. The number of urea groups is 1. The number of benzene rings is 2. The standard InChI is InChI=1S/C20H17N3O7/c1-21-18(24)15(19(25)22(2)20(21)26)10-12-4-9-17(16(11-12)23(27)28)30-14-7-5-13(29-3)6-8-14/h4-11H,1-3H3. The highest BCUT2D eigenvalue weighted by molar-refractivity contribution is 6.30. The number of nitrogens with zero attached hydrogens (tertiary/aromatic N) is 3. The fourth-order valence-corrected chi connectivity index (χ4v) is 2.77. The van der Waals surface area contributed by atoms with E-state index in [-0.39, 0.29) is 22.6 Å². The van der Waals surface area contributed by atoms with Gasteiger partial charge in [0, 0.05) is 20.2 Å². The molecule has 0 bridgehead atoms. The van der Waals surface area contributed by atoms with Crippen molar-refractivity contribution in [3.63, 3.8) is 0 Å². The van der Waals surface area contributed by atoms with Gasteiger partial charge in [0.1, 0.15) is 17.1 Å². The number of hydrogen-bond acceptors (Lipinski definition) is 7. The molecule has 0 aliphatic carbocycles. The van der Waals surface area contributed by atoms with Crippen molar-refractivity contribution >= 4 is 29.6 Å². The zero-order chi connectivity index (χ0) is 22.0. The number of imide groups is 2. The minimum absolute atomic E-state index is 0.0157. The van der Waals surface area contributed by atoms with Crippen LogP contribution in [0.5, 0.6) is 17.2 Å². The molecular weight excluding hydrogens is 394 g/mol. The van der Waals surface area contributed by atoms with Gasteiger partial charge in [0.2, 0.25) is 5.75 Å². The van der Waals surface area contributed by atoms with Crippen LogP contribution in [0.25, 0.3) is 6.08 Å². The summed E-state index contributed by atoms with van der Waals surface area (Å²) in [6, 6.07) is 9.75. The SMILES string of the molecule is COc1ccc(Oc2ccc(C=C3C(=O)N(C)C(=O)N(C)C3=O)cc2[N+](=O)[O-])cc1. The van der Waals surface area contributed by atoms with Crippen molar-refractivity contribution in [2.75, 3.05) is 21.2 Å². The Kier molecular flexibility index (Phi) is 5.50. The molecule has 2 aromatic carbocycles. The van der Waals surface area contributed by atoms with Crippen LogP contribution in [-0.2, 0) is 9.59 Å². The lowest BCUT2D eigenvalue weighted by Gasteiger charge is -2.28. The maximum absolute atomic E-state index is 12.3. The average Bonchev–Trinajstić information content (AvgIpc) is 2.75. The van der Waals surface area contributed by atoms with Gasteiger partial charge in [0.25, 0.3) is 11.8 Å². The van der Waals surface area contributed by atoms with Gasteiger partial charge >= 0.3 is 11.7 Å². The van der Waals surface area contributed by atoms with Gasteiger partial charge in [0.15, 0.2) is 0 Å². The minimum atomic E-state index is -0.788. The summed E-state index contributed by atoms with van der Waals surface area (Å²) in [5.41, 5.74) is -0.400. The summed E-state index contributed by atoms with van der Waals surface area (Å²) in [5, 5.41) is 11.5. The van der Waals surface area contributed by atoms with Gasteiger partial charge in [-0.05, 0) is 42.0 Å². The number of ether oxygens (including phenoxy) is 2. The van der Waals surface area contributed by atoms with Crippen molar-refractivity contribution in [1.82, 2.24) is 9.80 Å². The van der Waals surface area contributed by atoms with Crippen LogP contribution in [0.1, 0.15) is 5.56 Å². The first-order valence-corrected chi connectivity index (χ1v) is 8.65. The lowest BCUT2D eigenvalue weighted by molar-refractivity contribution is -0.385. The van der Waals surface area contributed by atoms with E-state index in [1.807, 2.05) is 0 Å². The normalized spacial score (nSPS) is 14.1. The van der Waals surface area contributed by atoms with Crippen molar-refractivity contribution in [2.45, 2.75) is 0 Å². The van der Waals surface area contributed by atoms with Crippen LogP contribution in [-0.4, -0.2) is 53.8 Å². The van der Waals surface area contributed by atoms with Crippen LogP contribution in [0.3, 0.4) is 0 Å². The predicted octanol–water partition coefficient (Wildman–Crippen LogP) is 2.83. The first-order chi connectivity index (χ1) is 14.2. The first kappa shape index (κ1) is 20.5. The Hall–Kier alpha value is -4.21. The number of rotatable bonds is 5. The Labute approximate surface area is 171 Å². The maximum atomic E-state index is 12.3. The number of hydrogen-bond donors (Lipinski definition) is 0. The Bertz CT molecular complexity index is 1050. The molecule has 10 heteroatoms. The second kappa shape index (κ2) is 8.03. The molecule has 1 fully saturated rings. The molecule has 0 spiro atoms. The van der Waals surface area contributed by atoms with Gasteiger partial charge in [-0.1, -0.05) is 6.07 Å². The van der Waals surface area contributed by atoms with Gasteiger partial charge < -0.3 is 9.47 Å². The number of nitro groups is 1. The lowest BCUT2D eigenvalue weighted by atomic mass is 10.1. The molecule has 1 aliphatic heterocycles. The van der Waals surface area contributed by atoms with E-state index < -0.39 is 22.8 Å². The number of methoxy groups -OCH3 is 1. The summed E-state index contributed by atoms with van der Waals surface area (Å²) < 4.78 is 10.6. The Morgan fingerprint density at radius 1 is 0.933 bits per heavy atom. The smallest absolute Gasteiger partial charge is 0.333 e. The van der Waals surface area contributed by atoms with Gasteiger partial charge in [-0.25, -0.2) is 4.79 Å². The molecule has 2 aromatic rings. The molecule has 0 unspecified atom stereocenters. The molecule has 3 rings (SSSR count). The van der Waals surface area contributed by atoms with Crippen LogP contribution >= 0.6 is 0 Å². The van der Waals surface area contributed by atoms with E-state index in [0.29, 0.717) is 11.5 Å². The third-order valence-corrected chi connectivity index (χ3v) is 4.42. The molecule has 0 aromatic heterocycles. The molecule has 154 valence electrons. The first-order valence-electron chi connectivity index (χ1n) is 8.65. The highest BCUT2D eigenvalue weighted by Gasteiger charge is 2.37. The largest absolute Gasteiger partial charge is 0.497 e. The number of likely N-dealkylation sites (N-methyl/N-ethyl adjacent to an activating group) is 2. The molecular formula is C20H17N3O7. The number of nitro benzene ring substituents is 1. The van der Waals surface area contributed by atoms with Crippen molar-refractivity contribution in [2.24, 2.45) is 0 Å². The molecule has 10 nitrogen and oxygen atoms in total. The van der Waals surface area contributed by atoms with Crippen LogP contribution < -0.4 is 9.47 Å². The molecule has 0 radical (unpaired) electrons. The van der Waals surface area contributed by atoms with Gasteiger partial charge in [-0.3, -0.25) is 29.5 Å². The van der Waals surface area contributed by atoms with E-state index in [4.69, 9.17) is 9.47 Å². The summed E-state index contributed by atoms with van der Waals surface area (Å²) in [7, 11) is 4.01. The Morgan fingerprint density at radius 2 is 1.50 bits per heavy atom. The quantitative estimate of drug-likeness (QED) is 0.321. The van der Waals surface area contributed by atoms with Crippen molar-refractivity contribution < 1.29 is 28.8 Å². The van der Waals surface area contributed by atoms with Gasteiger partial charge in [0.05, 0.1) is 12.0 Å². The van der Waals surface area contributed by atoms with Crippen molar-refractivity contribution in [3.8, 4) is 17.2 Å². The van der Waals surface area contributed by atoms with Crippen LogP contribution in [0.4, 0.5) is 10.5 Å². The molecule has 1 heterocycles. The lowest BCUT2D eigenvalue weighted by Crippen LogP contribution is -2.52. The second-order valence-corrected chi connectivity index (χ2v) is 6.33. The molecule has 0 N–H and O–H groups in total. The average molecular weight is 411 g/mol. The number of amides is 4. The van der Waals surface area contributed by atoms with E-state index in [9.17, 15) is 24.5 Å². The second-order valence-electron chi connectivity index (χ2n) is 6.33. The highest BCUT2D eigenvalue weighted by atomic mass is 16.6. The molecule has 0 atom stereocenters. The summed E-state index contributed by atoms with van der Waals surface area (Å²) in [4.78, 5) is 48.9. The van der Waals surface area contributed by atoms with Gasteiger partial charge in [-0.2, -0.15) is 0 Å². The van der Waals surface area contributed by atoms with E-state index in [1.54, 1.807) is 24.3 Å². The molecule has 30 heavy (non-hydrogen) atoms. The molecule has 4 amide bonds. The van der Waals surface area contributed by atoms with Gasteiger partial charge in [-0.15, -0.1) is 0 Å². The van der Waals surface area contributed by atoms with E-state index in [2.05, 4.69) is 0 Å². The zero-order valence-electron chi connectivity index (χ0n) is 16.3. The number of barbiturate groups is 1. The van der Waals surface area contributed by atoms with Crippen molar-refractivity contribution in [1.29, 1.82) is 0 Å². The topological polar surface area (TPSA) is 119 Å². The van der Waals surface area contributed by atoms with E-state index >= 15 is 0 Å². The van der Waals surface area contributed by atoms with Crippen LogP contribution in [0.15, 0.2) is 48.0 Å². The molecule has 1 saturated heterocycles. The molecule has 0 saturated carbocycles. The molecule has 1 aliphatic rings. The number of carbonyl (C=O) groups is 3. The maximum Gasteiger partial charge on any atom is 0.333 e. The fourth-order valence-electron chi connectivity index (χ4n) is 2.77. The van der Waals surface area contributed by atoms with E-state index in [0.717, 1.165) is 9.80 Å². The summed E-state index contributed by atoms with van der Waals surface area (Å²) in [5.74, 6) is -0.620. The van der Waals surface area contributed by atoms with E-state index in [1.165, 1.54) is 45.5 Å².